The van der Waals surface area contributed by atoms with Crippen LogP contribution in [-0.2, 0) is 71.2 Å². The number of aliphatic hydroxyl groups excluding tert-OH is 14. The Morgan fingerprint density at radius 1 is 0.556 bits per heavy atom. The van der Waals surface area contributed by atoms with E-state index in [1.165, 1.54) is 21.3 Å². The zero-order chi connectivity index (χ0) is 72.3. The maximum absolute atomic E-state index is 16.1. The van der Waals surface area contributed by atoms with Gasteiger partial charge in [-0.1, -0.05) is 53.2 Å². The molecule has 5 heterocycles. The van der Waals surface area contributed by atoms with E-state index >= 15 is 4.79 Å². The van der Waals surface area contributed by atoms with Gasteiger partial charge in [0.2, 0.25) is 0 Å². The van der Waals surface area contributed by atoms with Crippen LogP contribution in [0.15, 0.2) is 11.6 Å². The zero-order valence-electron chi connectivity index (χ0n) is 58.6. The van der Waals surface area contributed by atoms with E-state index in [2.05, 4.69) is 40.7 Å². The SMILES string of the molecule is COC1C(O)[C@H](OC2C(O)[C@@H](OC)C(C)O[C@H]2CC(=O)[C@]23CCC(C)(C)CC2C2=CCC4[C@@]5(C)CCC(O[C@@H]6OC(C(=O)O)[C@H](O)C(O[C@@H]7OC[C@H](O)C(O)C7O)C6O[C@@H]6CC(CO)[C@H](O)C(O)C6O)C(C)(CO)C5CC[C@@]4(C)[C@]2(C)CC3O)OC(C)[C@@H]1O[C@@H]1OC[C@H](O)C(OC)C1O. The summed E-state index contributed by atoms with van der Waals surface area (Å²) in [5.74, 6) is -3.77. The van der Waals surface area contributed by atoms with Gasteiger partial charge in [-0.2, -0.15) is 0 Å². The third kappa shape index (κ3) is 13.3. The molecule has 0 bridgehead atoms. The lowest BCUT2D eigenvalue weighted by Gasteiger charge is -2.72. The quantitative estimate of drug-likeness (QED) is 0.0494. The Morgan fingerprint density at radius 2 is 1.18 bits per heavy atom. The highest BCUT2D eigenvalue weighted by Crippen LogP contribution is 2.76. The number of rotatable bonds is 19. The van der Waals surface area contributed by atoms with Gasteiger partial charge in [0.25, 0.3) is 0 Å². The number of aliphatic carboxylic acids is 1. The third-order valence-electron chi connectivity index (χ3n) is 26.6. The number of aliphatic hydroxyl groups is 14. The summed E-state index contributed by atoms with van der Waals surface area (Å²) in [5.41, 5.74) is -3.37. The highest BCUT2D eigenvalue weighted by Gasteiger charge is 2.72. The average molecular weight is 1420 g/mol. The first-order chi connectivity index (χ1) is 46.6. The lowest BCUT2D eigenvalue weighted by atomic mass is 9.33. The normalized spacial score (nSPS) is 53.8. The van der Waals surface area contributed by atoms with E-state index in [4.69, 9.17) is 61.6 Å². The van der Waals surface area contributed by atoms with Gasteiger partial charge in [-0.15, -0.1) is 0 Å². The second kappa shape index (κ2) is 29.5. The first-order valence-electron chi connectivity index (χ1n) is 35.5. The predicted molar refractivity (Wildman–Crippen MR) is 338 cm³/mol. The van der Waals surface area contributed by atoms with Crippen molar-refractivity contribution in [2.45, 2.75) is 304 Å². The molecule has 0 aromatic carbocycles. The fourth-order valence-electron chi connectivity index (χ4n) is 20.7. The van der Waals surface area contributed by atoms with Crippen molar-refractivity contribution in [3.05, 3.63) is 11.6 Å². The van der Waals surface area contributed by atoms with Crippen LogP contribution in [0.3, 0.4) is 0 Å². The highest BCUT2D eigenvalue weighted by atomic mass is 16.8. The molecule has 6 aliphatic carbocycles. The van der Waals surface area contributed by atoms with Crippen molar-refractivity contribution in [3.63, 3.8) is 0 Å². The number of allylic oxidation sites excluding steroid dienone is 2. The van der Waals surface area contributed by atoms with Crippen molar-refractivity contribution in [1.82, 2.24) is 0 Å². The van der Waals surface area contributed by atoms with Crippen LogP contribution in [0, 0.1) is 56.2 Å². The first kappa shape index (κ1) is 77.9. The van der Waals surface area contributed by atoms with E-state index in [1.807, 2.05) is 6.92 Å². The first-order valence-corrected chi connectivity index (χ1v) is 35.5. The number of fused-ring (bicyclic) bond motifs is 7. The van der Waals surface area contributed by atoms with Crippen LogP contribution in [0.5, 0.6) is 0 Å². The summed E-state index contributed by atoms with van der Waals surface area (Å²) in [4.78, 5) is 29.1. The minimum atomic E-state index is -2.12. The number of Topliss-reactive ketones (excluding diaryl/α,β-unsaturated/α-hetero) is 1. The molecule has 5 saturated carbocycles. The smallest absolute Gasteiger partial charge is 0.335 e. The number of carbonyl (C=O) groups excluding carboxylic acids is 1. The molecule has 0 aromatic heterocycles. The standard InChI is InChI=1S/C69H112O30/c1-28-51(87-9)47(81)54(97-62-50(84)55(89-11)52(29(2)93-62)96-61-49(83)53(88-10)34(73)26-91-61)36(92-28)21-39(74)69-19-18-64(3,4)22-32(69)31-12-13-38-65(5)16-15-41(66(6,27-71)37(65)14-17-67(38,7)68(31,8)23-40(69)75)95-63-58(94-35-20-30(24-70)42(76)45(79)44(35)78)56(48(82)57(99-63)59(85)86)98-60-46(80)43(77)33(72)25-90-60/h12,28-30,32-38,40-58,60-63,70-73,75-84H,13-27H2,1-11H3,(H,85,86)/t28?,29?,30?,32?,33-,34-,35+,36-,37?,38?,40?,41?,42-,43?,44?,45?,46?,47?,48+,49?,50?,51-,52-,53?,54?,55?,56?,57?,58?,60-,61-,62-,63+,65-,66?,67+,68+,69-/m0/s1. The molecule has 0 amide bonds. The number of hydrogen-bond acceptors (Lipinski definition) is 29. The van der Waals surface area contributed by atoms with Crippen molar-refractivity contribution < 1.29 is 148 Å². The van der Waals surface area contributed by atoms with E-state index in [0.29, 0.717) is 44.9 Å². The lowest BCUT2D eigenvalue weighted by molar-refractivity contribution is -0.371. The molecule has 11 aliphatic rings. The van der Waals surface area contributed by atoms with Gasteiger partial charge in [-0.25, -0.2) is 4.79 Å². The molecule has 568 valence electrons. The fraction of sp³-hybridized carbons (Fsp3) is 0.942. The second-order valence-electron chi connectivity index (χ2n) is 32.5. The van der Waals surface area contributed by atoms with Gasteiger partial charge < -0.3 is 138 Å². The van der Waals surface area contributed by atoms with Crippen molar-refractivity contribution in [2.24, 2.45) is 56.2 Å². The van der Waals surface area contributed by atoms with Gasteiger partial charge in [0.05, 0.1) is 68.0 Å². The van der Waals surface area contributed by atoms with Crippen LogP contribution in [0.1, 0.15) is 126 Å². The summed E-state index contributed by atoms with van der Waals surface area (Å²) in [6.07, 6.45) is -36.2. The number of ether oxygens (including phenoxy) is 13. The van der Waals surface area contributed by atoms with Crippen molar-refractivity contribution in [3.8, 4) is 0 Å². The fourth-order valence-corrected chi connectivity index (χ4v) is 20.7. The Bertz CT molecular complexity index is 2820. The summed E-state index contributed by atoms with van der Waals surface area (Å²) in [6, 6.07) is 0. The Balaban J connectivity index is 0.859. The van der Waals surface area contributed by atoms with Crippen molar-refractivity contribution in [2.75, 3.05) is 47.8 Å². The minimum Gasteiger partial charge on any atom is -0.479 e. The summed E-state index contributed by atoms with van der Waals surface area (Å²) < 4.78 is 79.4. The molecule has 99 heavy (non-hydrogen) atoms. The van der Waals surface area contributed by atoms with Crippen molar-refractivity contribution in [1.29, 1.82) is 0 Å². The van der Waals surface area contributed by atoms with Crippen LogP contribution in [0.25, 0.3) is 0 Å². The van der Waals surface area contributed by atoms with Crippen LogP contribution < -0.4 is 0 Å². The molecule has 30 nitrogen and oxygen atoms in total. The summed E-state index contributed by atoms with van der Waals surface area (Å²) in [7, 11) is 4.10. The highest BCUT2D eigenvalue weighted by molar-refractivity contribution is 5.87. The van der Waals surface area contributed by atoms with Crippen LogP contribution >= 0.6 is 0 Å². The molecule has 5 aliphatic heterocycles. The van der Waals surface area contributed by atoms with E-state index in [0.717, 1.165) is 5.57 Å². The Labute approximate surface area is 577 Å². The minimum absolute atomic E-state index is 0.0819. The van der Waals surface area contributed by atoms with Gasteiger partial charge >= 0.3 is 5.97 Å². The molecule has 0 spiro atoms. The number of ketones is 1. The maximum Gasteiger partial charge on any atom is 0.335 e. The van der Waals surface area contributed by atoms with Gasteiger partial charge in [-0.05, 0) is 117 Å². The van der Waals surface area contributed by atoms with Crippen LogP contribution in [-0.4, -0.2) is 314 Å². The molecule has 11 rings (SSSR count). The van der Waals surface area contributed by atoms with Crippen molar-refractivity contribution >= 4 is 11.8 Å². The number of methoxy groups -OCH3 is 3. The largest absolute Gasteiger partial charge is 0.479 e. The molecule has 22 unspecified atom stereocenters. The predicted octanol–water partition coefficient (Wildman–Crippen LogP) is -1.93. The van der Waals surface area contributed by atoms with Crippen LogP contribution in [0.4, 0.5) is 0 Å². The molecule has 0 radical (unpaired) electrons. The molecule has 30 heteroatoms. The van der Waals surface area contributed by atoms with Gasteiger partial charge in [0.15, 0.2) is 31.3 Å². The molecular weight excluding hydrogens is 1310 g/mol. The summed E-state index contributed by atoms with van der Waals surface area (Å²) >= 11 is 0. The third-order valence-corrected chi connectivity index (χ3v) is 26.6. The van der Waals surface area contributed by atoms with Gasteiger partial charge in [-0.3, -0.25) is 4.79 Å². The Morgan fingerprint density at radius 3 is 1.83 bits per heavy atom. The monoisotopic (exact) mass is 1420 g/mol. The van der Waals surface area contributed by atoms with Crippen LogP contribution in [0.2, 0.25) is 0 Å². The second-order valence-corrected chi connectivity index (χ2v) is 32.5. The summed E-state index contributed by atoms with van der Waals surface area (Å²) in [5, 5.41) is 169. The maximum atomic E-state index is 16.1. The van der Waals surface area contributed by atoms with Gasteiger partial charge in [0, 0.05) is 45.7 Å². The number of hydrogen-bond donors (Lipinski definition) is 15. The molecule has 10 fully saturated rings. The number of carboxylic acid groups (broad SMARTS) is 1. The molecule has 0 aromatic rings. The average Bonchev–Trinajstić information content (AvgIpc) is 0.671. The molecule has 5 saturated heterocycles. The van der Waals surface area contributed by atoms with Gasteiger partial charge in [0.1, 0.15) is 110 Å². The number of carbonyl (C=O) groups is 2. The zero-order valence-corrected chi connectivity index (χ0v) is 58.6. The van der Waals surface area contributed by atoms with E-state index in [9.17, 15) is 81.4 Å². The Hall–Kier alpha value is -2.20. The van der Waals surface area contributed by atoms with E-state index < -0.39 is 242 Å². The summed E-state index contributed by atoms with van der Waals surface area (Å²) in [6.45, 7) is 14.5. The van der Waals surface area contributed by atoms with E-state index in [-0.39, 0.29) is 55.3 Å². The van der Waals surface area contributed by atoms with E-state index in [1.54, 1.807) is 13.8 Å². The molecule has 38 atom stereocenters. The molecule has 15 N–H and O–H groups in total. The number of carboxylic acids is 1. The molecular formula is C69H112O30. The lowest BCUT2D eigenvalue weighted by Crippen LogP contribution is -2.69. The Kier molecular flexibility index (Phi) is 23.2. The topological polar surface area (TPSA) is 458 Å².